The molecular formula is C26H35N5O4. The summed E-state index contributed by atoms with van der Waals surface area (Å²) in [6, 6.07) is 11.4. The lowest BCUT2D eigenvalue weighted by Gasteiger charge is -2.22. The minimum absolute atomic E-state index is 0.257. The van der Waals surface area contributed by atoms with Crippen molar-refractivity contribution in [2.24, 2.45) is 5.92 Å². The Morgan fingerprint density at radius 2 is 1.89 bits per heavy atom. The number of nitrogens with zero attached hydrogens (tertiary/aromatic N) is 4. The predicted molar refractivity (Wildman–Crippen MR) is 131 cm³/mol. The number of benzene rings is 1. The maximum atomic E-state index is 13.0. The zero-order chi connectivity index (χ0) is 24.8. The van der Waals surface area contributed by atoms with Crippen LogP contribution in [-0.2, 0) is 30.9 Å². The molecule has 9 heteroatoms. The summed E-state index contributed by atoms with van der Waals surface area (Å²) in [4.78, 5) is 15.4. The van der Waals surface area contributed by atoms with Gasteiger partial charge >= 0.3 is 0 Å². The van der Waals surface area contributed by atoms with Gasteiger partial charge in [-0.05, 0) is 42.2 Å². The van der Waals surface area contributed by atoms with Crippen molar-refractivity contribution >= 4 is 5.91 Å². The average molecular weight is 482 g/mol. The molecule has 0 unspecified atom stereocenters. The number of hydrogen-bond acceptors (Lipinski definition) is 7. The molecule has 0 bridgehead atoms. The minimum Gasteiger partial charge on any atom is -0.497 e. The van der Waals surface area contributed by atoms with E-state index in [2.05, 4.69) is 51.0 Å². The minimum atomic E-state index is -0.259. The Morgan fingerprint density at radius 1 is 1.09 bits per heavy atom. The van der Waals surface area contributed by atoms with Crippen LogP contribution in [0.5, 0.6) is 5.75 Å². The number of fused-ring (bicyclic) bond motifs is 1. The topological polar surface area (TPSA) is 94.6 Å². The van der Waals surface area contributed by atoms with Gasteiger partial charge < -0.3 is 23.8 Å². The molecule has 0 spiro atoms. The van der Waals surface area contributed by atoms with Gasteiger partial charge in [0.15, 0.2) is 11.6 Å². The molecule has 1 aliphatic heterocycles. The second-order valence-electron chi connectivity index (χ2n) is 9.35. The van der Waals surface area contributed by atoms with Gasteiger partial charge in [0, 0.05) is 39.7 Å². The number of amides is 1. The molecule has 0 saturated carbocycles. The predicted octanol–water partition coefficient (Wildman–Crippen LogP) is 3.60. The number of nitrogens with one attached hydrogen (secondary N) is 1. The lowest BCUT2D eigenvalue weighted by molar-refractivity contribution is 0.0892. The van der Waals surface area contributed by atoms with Crippen molar-refractivity contribution in [2.45, 2.75) is 52.4 Å². The Bertz CT molecular complexity index is 1110. The van der Waals surface area contributed by atoms with Gasteiger partial charge in [-0.1, -0.05) is 26.0 Å². The SMILES string of the molecule is COCc1ccc(C(=O)N[C@@H](CC(C)C)c2nnc3n2CCN(Cc2ccc(OC)cc2)CC3)o1. The number of carbonyl (C=O) groups excluding carboxylic acids is 1. The Labute approximate surface area is 206 Å². The second kappa shape index (κ2) is 11.5. The van der Waals surface area contributed by atoms with Crippen LogP contribution >= 0.6 is 0 Å². The third-order valence-corrected chi connectivity index (χ3v) is 6.21. The molecule has 35 heavy (non-hydrogen) atoms. The summed E-state index contributed by atoms with van der Waals surface area (Å²) in [5.41, 5.74) is 1.25. The van der Waals surface area contributed by atoms with E-state index in [9.17, 15) is 4.79 Å². The fraction of sp³-hybridized carbons (Fsp3) is 0.500. The van der Waals surface area contributed by atoms with E-state index in [4.69, 9.17) is 13.9 Å². The quantitative estimate of drug-likeness (QED) is 0.473. The number of furan rings is 1. The molecule has 1 aromatic carbocycles. The van der Waals surface area contributed by atoms with Gasteiger partial charge in [0.2, 0.25) is 0 Å². The molecule has 3 aromatic rings. The maximum Gasteiger partial charge on any atom is 0.287 e. The maximum absolute atomic E-state index is 13.0. The first kappa shape index (κ1) is 24.9. The van der Waals surface area contributed by atoms with Crippen LogP contribution in [0.25, 0.3) is 0 Å². The van der Waals surface area contributed by atoms with Gasteiger partial charge in [-0.3, -0.25) is 9.69 Å². The summed E-state index contributed by atoms with van der Waals surface area (Å²) in [6.07, 6.45) is 1.56. The van der Waals surface area contributed by atoms with E-state index in [0.29, 0.717) is 18.3 Å². The molecule has 0 saturated heterocycles. The standard InChI is InChI=1S/C26H35N5O4/c1-18(2)15-22(27-26(32)23-10-9-21(35-23)17-33-3)25-29-28-24-11-12-30(13-14-31(24)25)16-19-5-7-20(34-4)8-6-19/h5-10,18,22H,11-17H2,1-4H3,(H,27,32)/t22-/m0/s1. The van der Waals surface area contributed by atoms with Crippen LogP contribution in [0.15, 0.2) is 40.8 Å². The molecule has 0 radical (unpaired) electrons. The molecule has 9 nitrogen and oxygen atoms in total. The van der Waals surface area contributed by atoms with Gasteiger partial charge in [-0.2, -0.15) is 0 Å². The van der Waals surface area contributed by atoms with E-state index in [1.807, 2.05) is 12.1 Å². The highest BCUT2D eigenvalue weighted by Crippen LogP contribution is 2.24. The molecule has 4 rings (SSSR count). The fourth-order valence-electron chi connectivity index (χ4n) is 4.44. The van der Waals surface area contributed by atoms with Gasteiger partial charge in [0.25, 0.3) is 5.91 Å². The van der Waals surface area contributed by atoms with Crippen LogP contribution in [0.2, 0.25) is 0 Å². The summed E-state index contributed by atoms with van der Waals surface area (Å²) < 4.78 is 18.2. The summed E-state index contributed by atoms with van der Waals surface area (Å²) in [6.45, 7) is 8.03. The Hall–Kier alpha value is -3.17. The van der Waals surface area contributed by atoms with Gasteiger partial charge in [-0.25, -0.2) is 0 Å². The molecule has 1 amide bonds. The van der Waals surface area contributed by atoms with Crippen molar-refractivity contribution in [1.82, 2.24) is 25.0 Å². The fourth-order valence-corrected chi connectivity index (χ4v) is 4.44. The highest BCUT2D eigenvalue weighted by molar-refractivity contribution is 5.91. The third-order valence-electron chi connectivity index (χ3n) is 6.21. The van der Waals surface area contributed by atoms with Crippen LogP contribution < -0.4 is 10.1 Å². The lowest BCUT2D eigenvalue weighted by Crippen LogP contribution is -2.32. The molecule has 0 aliphatic carbocycles. The molecule has 1 N–H and O–H groups in total. The number of carbonyl (C=O) groups is 1. The smallest absolute Gasteiger partial charge is 0.287 e. The highest BCUT2D eigenvalue weighted by Gasteiger charge is 2.27. The molecule has 2 aromatic heterocycles. The first-order valence-corrected chi connectivity index (χ1v) is 12.1. The molecule has 188 valence electrons. The highest BCUT2D eigenvalue weighted by atomic mass is 16.5. The lowest BCUT2D eigenvalue weighted by atomic mass is 10.0. The van der Waals surface area contributed by atoms with E-state index in [1.165, 1.54) is 5.56 Å². The number of aromatic nitrogens is 3. The first-order chi connectivity index (χ1) is 17.0. The van der Waals surface area contributed by atoms with E-state index in [1.54, 1.807) is 26.4 Å². The van der Waals surface area contributed by atoms with Crippen molar-refractivity contribution in [3.8, 4) is 5.75 Å². The van der Waals surface area contributed by atoms with E-state index < -0.39 is 0 Å². The number of methoxy groups -OCH3 is 2. The van der Waals surface area contributed by atoms with E-state index in [0.717, 1.165) is 56.4 Å². The van der Waals surface area contributed by atoms with Gasteiger partial charge in [0.1, 0.15) is 23.9 Å². The van der Waals surface area contributed by atoms with Crippen molar-refractivity contribution < 1.29 is 18.7 Å². The zero-order valence-corrected chi connectivity index (χ0v) is 21.0. The van der Waals surface area contributed by atoms with Crippen LogP contribution in [-0.4, -0.2) is 52.9 Å². The van der Waals surface area contributed by atoms with Gasteiger partial charge in [0.05, 0.1) is 13.2 Å². The normalized spacial score (nSPS) is 15.0. The summed E-state index contributed by atoms with van der Waals surface area (Å²) in [5.74, 6) is 3.62. The summed E-state index contributed by atoms with van der Waals surface area (Å²) in [5, 5.41) is 12.1. The van der Waals surface area contributed by atoms with Gasteiger partial charge in [-0.15, -0.1) is 10.2 Å². The second-order valence-corrected chi connectivity index (χ2v) is 9.35. The Morgan fingerprint density at radius 3 is 2.60 bits per heavy atom. The number of rotatable bonds is 10. The molecular weight excluding hydrogens is 446 g/mol. The van der Waals surface area contributed by atoms with Crippen molar-refractivity contribution in [2.75, 3.05) is 27.3 Å². The molecule has 1 atom stereocenters. The van der Waals surface area contributed by atoms with E-state index in [-0.39, 0.29) is 17.7 Å². The molecule has 3 heterocycles. The summed E-state index contributed by atoms with van der Waals surface area (Å²) >= 11 is 0. The van der Waals surface area contributed by atoms with Crippen LogP contribution in [0.3, 0.4) is 0 Å². The van der Waals surface area contributed by atoms with Crippen molar-refractivity contribution in [3.05, 3.63) is 65.1 Å². The van der Waals surface area contributed by atoms with E-state index >= 15 is 0 Å². The van der Waals surface area contributed by atoms with Crippen LogP contribution in [0, 0.1) is 5.92 Å². The third kappa shape index (κ3) is 6.29. The monoisotopic (exact) mass is 481 g/mol. The molecule has 0 fully saturated rings. The first-order valence-electron chi connectivity index (χ1n) is 12.1. The number of hydrogen-bond donors (Lipinski definition) is 1. The van der Waals surface area contributed by atoms with Crippen molar-refractivity contribution in [3.63, 3.8) is 0 Å². The van der Waals surface area contributed by atoms with Crippen LogP contribution in [0.4, 0.5) is 0 Å². The summed E-state index contributed by atoms with van der Waals surface area (Å²) in [7, 11) is 3.27. The number of ether oxygens (including phenoxy) is 2. The van der Waals surface area contributed by atoms with Crippen LogP contribution in [0.1, 0.15) is 59.8 Å². The average Bonchev–Trinajstić information content (AvgIpc) is 3.43. The van der Waals surface area contributed by atoms with Crippen molar-refractivity contribution in [1.29, 1.82) is 0 Å². The largest absolute Gasteiger partial charge is 0.497 e. The molecule has 1 aliphatic rings. The Balaban J connectivity index is 1.46. The Kier molecular flexibility index (Phi) is 8.20. The zero-order valence-electron chi connectivity index (χ0n) is 21.0.